The smallest absolute Gasteiger partial charge is 0.245 e. The Labute approximate surface area is 324 Å². The second-order valence-corrected chi connectivity index (χ2v) is 15.7. The molecule has 8 bridgehead atoms. The Morgan fingerprint density at radius 2 is 1.79 bits per heavy atom. The van der Waals surface area contributed by atoms with Crippen molar-refractivity contribution in [3.8, 4) is 16.9 Å². The summed E-state index contributed by atoms with van der Waals surface area (Å²) >= 11 is 0. The molecule has 1 amide bonds. The molecule has 3 unspecified atom stereocenters. The van der Waals surface area contributed by atoms with Crippen LogP contribution in [0.3, 0.4) is 0 Å². The average Bonchev–Trinajstić information content (AvgIpc) is 3.84. The van der Waals surface area contributed by atoms with Gasteiger partial charge in [0.15, 0.2) is 11.5 Å². The van der Waals surface area contributed by atoms with Crippen LogP contribution in [0.5, 0.6) is 0 Å². The van der Waals surface area contributed by atoms with Crippen LogP contribution in [0, 0.1) is 24.4 Å². The van der Waals surface area contributed by atoms with Crippen LogP contribution in [0.15, 0.2) is 54.7 Å². The zero-order valence-electron chi connectivity index (χ0n) is 31.1. The van der Waals surface area contributed by atoms with Gasteiger partial charge >= 0.3 is 0 Å². The maximum absolute atomic E-state index is 15.3. The van der Waals surface area contributed by atoms with E-state index in [1.54, 1.807) is 6.20 Å². The van der Waals surface area contributed by atoms with Crippen molar-refractivity contribution < 1.29 is 22.7 Å². The van der Waals surface area contributed by atoms with Crippen LogP contribution < -0.4 is 20.4 Å². The number of nitrogens with one attached hydrogen (secondary N) is 2. The van der Waals surface area contributed by atoms with Crippen molar-refractivity contribution in [2.45, 2.75) is 63.0 Å². The minimum Gasteiger partial charge on any atom is -0.374 e. The van der Waals surface area contributed by atoms with Gasteiger partial charge < -0.3 is 34.6 Å². The third kappa shape index (κ3) is 5.68. The molecule has 4 fully saturated rings. The van der Waals surface area contributed by atoms with Gasteiger partial charge in [0, 0.05) is 75.2 Å². The van der Waals surface area contributed by atoms with Crippen molar-refractivity contribution in [3.05, 3.63) is 78.0 Å². The van der Waals surface area contributed by atoms with Gasteiger partial charge in [0.1, 0.15) is 40.8 Å². The molecule has 4 aromatic heterocycles. The molecule has 292 valence electrons. The molecular weight excluding hydrogens is 738 g/mol. The first-order valence-corrected chi connectivity index (χ1v) is 19.5. The van der Waals surface area contributed by atoms with E-state index >= 15 is 13.6 Å². The summed E-state index contributed by atoms with van der Waals surface area (Å²) in [7, 11) is 0. The summed E-state index contributed by atoms with van der Waals surface area (Å²) < 4.78 is 54.4. The van der Waals surface area contributed by atoms with E-state index in [0.29, 0.717) is 96.8 Å². The summed E-state index contributed by atoms with van der Waals surface area (Å²) in [5, 5.41) is 12.2. The van der Waals surface area contributed by atoms with Crippen molar-refractivity contribution in [2.24, 2.45) is 0 Å². The van der Waals surface area contributed by atoms with Crippen molar-refractivity contribution in [1.29, 1.82) is 0 Å². The molecule has 2 aromatic carbocycles. The number of pyridine rings is 1. The maximum Gasteiger partial charge on any atom is 0.245 e. The molecule has 11 rings (SSSR count). The number of hydrogen-bond donors (Lipinski definition) is 2. The van der Waals surface area contributed by atoms with Crippen LogP contribution >= 0.6 is 0 Å². The lowest BCUT2D eigenvalue weighted by molar-refractivity contribution is -0.133. The summed E-state index contributed by atoms with van der Waals surface area (Å²) in [4.78, 5) is 41.1. The van der Waals surface area contributed by atoms with Crippen LogP contribution in [-0.2, 0) is 16.1 Å². The second kappa shape index (κ2) is 13.1. The number of aryl methyl sites for hydroxylation is 1. The highest BCUT2D eigenvalue weighted by Crippen LogP contribution is 2.39. The highest BCUT2D eigenvalue weighted by molar-refractivity contribution is 5.94. The predicted octanol–water partition coefficient (Wildman–Crippen LogP) is 4.19. The summed E-state index contributed by atoms with van der Waals surface area (Å²) in [6.07, 6.45) is 3.32. The average molecular weight is 777 g/mol. The quantitative estimate of drug-likeness (QED) is 0.268. The molecule has 17 heteroatoms. The van der Waals surface area contributed by atoms with Crippen molar-refractivity contribution in [3.63, 3.8) is 0 Å². The number of anilines is 3. The SMILES string of the molecule is Cc1nc2cc(F)cc3c2n1C[C@H]1CN(CCCO1)C(=O)[C@@H]1CC(CN1c1nc(N2C4CNCC2C4)nc2c1cnn2-c1ccc(F)cc1F)Nc1cccc-3n1. The number of nitrogens with zero attached hydrogens (tertiary/aromatic N) is 10. The number of carbonyl (C=O) groups excluding carboxylic acids is 1. The van der Waals surface area contributed by atoms with E-state index in [2.05, 4.69) is 20.6 Å². The van der Waals surface area contributed by atoms with Crippen molar-refractivity contribution >= 4 is 45.6 Å². The molecule has 4 saturated heterocycles. The summed E-state index contributed by atoms with van der Waals surface area (Å²) in [5.41, 5.74) is 2.90. The van der Waals surface area contributed by atoms with E-state index in [9.17, 15) is 4.39 Å². The predicted molar refractivity (Wildman–Crippen MR) is 206 cm³/mol. The second-order valence-electron chi connectivity index (χ2n) is 15.7. The first kappa shape index (κ1) is 34.4. The van der Waals surface area contributed by atoms with E-state index in [1.807, 2.05) is 39.5 Å². The molecule has 0 spiro atoms. The fourth-order valence-electron chi connectivity index (χ4n) is 9.53. The lowest BCUT2D eigenvalue weighted by Gasteiger charge is -2.53. The highest BCUT2D eigenvalue weighted by Gasteiger charge is 2.45. The van der Waals surface area contributed by atoms with Gasteiger partial charge in [-0.05, 0) is 56.5 Å². The van der Waals surface area contributed by atoms with Crippen LogP contribution in [0.25, 0.3) is 39.0 Å². The fraction of sp³-hybridized carbons (Fsp3) is 0.400. The number of piperidine rings is 1. The zero-order valence-corrected chi connectivity index (χ0v) is 31.1. The Balaban J connectivity index is 1.06. The van der Waals surface area contributed by atoms with Crippen LogP contribution in [0.2, 0.25) is 0 Å². The number of halogens is 3. The summed E-state index contributed by atoms with van der Waals surface area (Å²) in [5.74, 6) is 0.330. The normalized spacial score (nSPS) is 24.6. The number of fused-ring (bicyclic) bond motifs is 10. The number of rotatable bonds is 3. The molecule has 5 aliphatic heterocycles. The van der Waals surface area contributed by atoms with Gasteiger partial charge in [0.2, 0.25) is 11.9 Å². The van der Waals surface area contributed by atoms with Gasteiger partial charge in [-0.2, -0.15) is 15.1 Å². The number of amides is 1. The molecule has 14 nitrogen and oxygen atoms in total. The largest absolute Gasteiger partial charge is 0.374 e. The topological polar surface area (TPSA) is 134 Å². The van der Waals surface area contributed by atoms with E-state index in [-0.39, 0.29) is 35.8 Å². The van der Waals surface area contributed by atoms with Gasteiger partial charge in [0.25, 0.3) is 0 Å². The van der Waals surface area contributed by atoms with E-state index in [0.717, 1.165) is 31.1 Å². The maximum atomic E-state index is 15.3. The first-order valence-electron chi connectivity index (χ1n) is 19.5. The standard InChI is InChI=1S/C40H39F3N12O2/c1-21-46-32-12-23(42)10-28-31-4-2-5-35(48-31)47-24-13-34(39(56)51-8-3-9-57-27(19-51)20-52(21)36(28)32)53(18-24)37-29-17-45-55(33-7-6-22(41)11-30(33)43)38(29)50-40(49-37)54-25-14-26(54)16-44-15-25/h2,4-7,10-12,17,24-27,34,44H,3,8-9,13-16,18-20H2,1H3,(H,47,48)/t24?,25?,26?,27-,34+/m1/s1. The zero-order chi connectivity index (χ0) is 38.5. The van der Waals surface area contributed by atoms with Crippen LogP contribution in [0.1, 0.15) is 25.1 Å². The lowest BCUT2D eigenvalue weighted by atomic mass is 9.89. The highest BCUT2D eigenvalue weighted by atomic mass is 19.1. The molecule has 0 aliphatic carbocycles. The number of imidazole rings is 1. The molecule has 9 heterocycles. The van der Waals surface area contributed by atoms with Crippen LogP contribution in [-0.4, -0.2) is 115 Å². The number of ether oxygens (including phenoxy) is 1. The third-order valence-electron chi connectivity index (χ3n) is 12.1. The number of carbonyl (C=O) groups is 1. The van der Waals surface area contributed by atoms with Gasteiger partial charge in [-0.25, -0.2) is 27.8 Å². The molecular formula is C40H39F3N12O2. The Morgan fingerprint density at radius 1 is 0.912 bits per heavy atom. The number of hydrogen-bond acceptors (Lipinski definition) is 11. The Hall–Kier alpha value is -5.81. The minimum absolute atomic E-state index is 0.0518. The molecule has 5 aliphatic rings. The number of aromatic nitrogens is 7. The van der Waals surface area contributed by atoms with Gasteiger partial charge in [0.05, 0.1) is 41.0 Å². The molecule has 0 saturated carbocycles. The molecule has 57 heavy (non-hydrogen) atoms. The minimum atomic E-state index is -0.775. The van der Waals surface area contributed by atoms with Gasteiger partial charge in [-0.3, -0.25) is 4.79 Å². The van der Waals surface area contributed by atoms with E-state index < -0.39 is 23.5 Å². The van der Waals surface area contributed by atoms with Gasteiger partial charge in [-0.1, -0.05) is 6.07 Å². The molecule has 6 aromatic rings. The summed E-state index contributed by atoms with van der Waals surface area (Å²) in [6, 6.07) is 11.4. The molecule has 5 atom stereocenters. The lowest BCUT2D eigenvalue weighted by Crippen LogP contribution is -2.68. The Kier molecular flexibility index (Phi) is 7.93. The Bertz CT molecular complexity index is 2580. The first-order chi connectivity index (χ1) is 27.8. The van der Waals surface area contributed by atoms with Crippen molar-refractivity contribution in [1.82, 2.24) is 44.5 Å². The molecule has 2 N–H and O–H groups in total. The number of benzene rings is 2. The monoisotopic (exact) mass is 776 g/mol. The van der Waals surface area contributed by atoms with Gasteiger partial charge in [-0.15, -0.1) is 0 Å². The third-order valence-corrected chi connectivity index (χ3v) is 12.1. The van der Waals surface area contributed by atoms with Crippen LogP contribution in [0.4, 0.5) is 30.8 Å². The number of piperazine rings is 1. The molecule has 0 radical (unpaired) electrons. The fourth-order valence-corrected chi connectivity index (χ4v) is 9.53. The van der Waals surface area contributed by atoms with Crippen molar-refractivity contribution in [2.75, 3.05) is 54.4 Å². The van der Waals surface area contributed by atoms with E-state index in [1.165, 1.54) is 28.9 Å². The summed E-state index contributed by atoms with van der Waals surface area (Å²) in [6.45, 7) is 5.57. The van der Waals surface area contributed by atoms with E-state index in [4.69, 9.17) is 24.7 Å². The Morgan fingerprint density at radius 3 is 2.63 bits per heavy atom.